The van der Waals surface area contributed by atoms with Crippen LogP contribution in [0.2, 0.25) is 5.02 Å². The monoisotopic (exact) mass is 371 g/mol. The highest BCUT2D eigenvalue weighted by molar-refractivity contribution is 6.31. The highest BCUT2D eigenvalue weighted by atomic mass is 35.5. The molecule has 2 aromatic carbocycles. The van der Waals surface area contributed by atoms with Gasteiger partial charge in [-0.3, -0.25) is 4.79 Å². The fraction of sp³-hybridized carbons (Fsp3) is 0.0556. The van der Waals surface area contributed by atoms with Crippen LogP contribution in [0.25, 0.3) is 0 Å². The third-order valence-electron chi connectivity index (χ3n) is 3.29. The lowest BCUT2D eigenvalue weighted by Gasteiger charge is -2.10. The highest BCUT2D eigenvalue weighted by Gasteiger charge is 2.13. The molecule has 0 aliphatic carbocycles. The number of carboxylic acids is 1. The first kappa shape index (κ1) is 18.8. The van der Waals surface area contributed by atoms with Gasteiger partial charge in [0.25, 0.3) is 5.91 Å². The van der Waals surface area contributed by atoms with Gasteiger partial charge in [-0.1, -0.05) is 11.6 Å². The van der Waals surface area contributed by atoms with Gasteiger partial charge in [0.15, 0.2) is 0 Å². The SMILES string of the molecule is COc1ccc(Cl)cc1NC(=O)/C(C#N)=C\Nc1ccc(C(=O)O)cc1. The second-order valence-corrected chi connectivity index (χ2v) is 5.43. The maximum atomic E-state index is 12.3. The van der Waals surface area contributed by atoms with Crippen LogP contribution in [0.15, 0.2) is 54.2 Å². The van der Waals surface area contributed by atoms with Crippen molar-refractivity contribution in [3.63, 3.8) is 0 Å². The molecule has 2 aromatic rings. The number of rotatable bonds is 6. The molecule has 8 heteroatoms. The predicted octanol–water partition coefficient (Wildman–Crippen LogP) is 3.50. The molecule has 0 aromatic heterocycles. The first-order chi connectivity index (χ1) is 12.4. The van der Waals surface area contributed by atoms with Crippen LogP contribution in [0.3, 0.4) is 0 Å². The van der Waals surface area contributed by atoms with E-state index in [1.165, 1.54) is 43.6 Å². The molecule has 7 nitrogen and oxygen atoms in total. The lowest BCUT2D eigenvalue weighted by atomic mass is 10.2. The molecule has 26 heavy (non-hydrogen) atoms. The number of nitrogens with one attached hydrogen (secondary N) is 2. The molecule has 0 aliphatic rings. The lowest BCUT2D eigenvalue weighted by molar-refractivity contribution is -0.112. The molecule has 2 rings (SSSR count). The Morgan fingerprint density at radius 2 is 1.92 bits per heavy atom. The molecule has 0 spiro atoms. The molecule has 1 amide bonds. The van der Waals surface area contributed by atoms with E-state index in [2.05, 4.69) is 10.6 Å². The van der Waals surface area contributed by atoms with Crippen LogP contribution in [0.1, 0.15) is 10.4 Å². The molecule has 0 aliphatic heterocycles. The van der Waals surface area contributed by atoms with Crippen molar-refractivity contribution >= 4 is 34.9 Å². The average Bonchev–Trinajstić information content (AvgIpc) is 2.63. The van der Waals surface area contributed by atoms with Crippen LogP contribution in [0.5, 0.6) is 5.75 Å². The van der Waals surface area contributed by atoms with Gasteiger partial charge >= 0.3 is 5.97 Å². The third-order valence-corrected chi connectivity index (χ3v) is 3.52. The number of anilines is 2. The van der Waals surface area contributed by atoms with Gasteiger partial charge in [-0.25, -0.2) is 4.79 Å². The van der Waals surface area contributed by atoms with Crippen LogP contribution in [-0.2, 0) is 4.79 Å². The van der Waals surface area contributed by atoms with E-state index in [0.717, 1.165) is 0 Å². The fourth-order valence-corrected chi connectivity index (χ4v) is 2.15. The number of hydrogen-bond acceptors (Lipinski definition) is 5. The molecule has 0 heterocycles. The molecule has 0 unspecified atom stereocenters. The summed E-state index contributed by atoms with van der Waals surface area (Å²) in [4.78, 5) is 23.1. The van der Waals surface area contributed by atoms with Gasteiger partial charge in [-0.05, 0) is 42.5 Å². The number of hydrogen-bond donors (Lipinski definition) is 3. The number of nitrogens with zero attached hydrogens (tertiary/aromatic N) is 1. The van der Waals surface area contributed by atoms with E-state index in [9.17, 15) is 14.9 Å². The Kier molecular flexibility index (Phi) is 6.20. The van der Waals surface area contributed by atoms with Crippen molar-refractivity contribution in [2.24, 2.45) is 0 Å². The Labute approximate surface area is 154 Å². The van der Waals surface area contributed by atoms with Crippen molar-refractivity contribution in [1.82, 2.24) is 0 Å². The number of halogens is 1. The van der Waals surface area contributed by atoms with E-state index >= 15 is 0 Å². The van der Waals surface area contributed by atoms with Crippen molar-refractivity contribution in [3.8, 4) is 11.8 Å². The zero-order valence-electron chi connectivity index (χ0n) is 13.6. The summed E-state index contributed by atoms with van der Waals surface area (Å²) in [5.74, 6) is -1.29. The number of benzene rings is 2. The van der Waals surface area contributed by atoms with Crippen LogP contribution >= 0.6 is 11.6 Å². The Bertz CT molecular complexity index is 902. The highest BCUT2D eigenvalue weighted by Crippen LogP contribution is 2.28. The second kappa shape index (κ2) is 8.55. The van der Waals surface area contributed by atoms with E-state index in [0.29, 0.717) is 22.1 Å². The summed E-state index contributed by atoms with van der Waals surface area (Å²) < 4.78 is 5.14. The largest absolute Gasteiger partial charge is 0.495 e. The minimum Gasteiger partial charge on any atom is -0.495 e. The minimum atomic E-state index is -1.04. The molecule has 132 valence electrons. The zero-order valence-corrected chi connectivity index (χ0v) is 14.4. The van der Waals surface area contributed by atoms with Gasteiger partial charge in [0.2, 0.25) is 0 Å². The topological polar surface area (TPSA) is 111 Å². The summed E-state index contributed by atoms with van der Waals surface area (Å²) >= 11 is 5.91. The van der Waals surface area contributed by atoms with Gasteiger partial charge < -0.3 is 20.5 Å². The summed E-state index contributed by atoms with van der Waals surface area (Å²) in [6.07, 6.45) is 1.22. The maximum absolute atomic E-state index is 12.3. The molecule has 0 atom stereocenters. The van der Waals surface area contributed by atoms with Crippen molar-refractivity contribution < 1.29 is 19.4 Å². The van der Waals surface area contributed by atoms with E-state index in [-0.39, 0.29) is 11.1 Å². The van der Waals surface area contributed by atoms with Crippen molar-refractivity contribution in [2.75, 3.05) is 17.7 Å². The predicted molar refractivity (Wildman–Crippen MR) is 97.4 cm³/mol. The van der Waals surface area contributed by atoms with Gasteiger partial charge in [0, 0.05) is 16.9 Å². The molecular formula is C18H14ClN3O4. The number of carbonyl (C=O) groups is 2. The van der Waals surface area contributed by atoms with E-state index in [1.54, 1.807) is 18.2 Å². The maximum Gasteiger partial charge on any atom is 0.335 e. The van der Waals surface area contributed by atoms with E-state index in [1.807, 2.05) is 0 Å². The summed E-state index contributed by atoms with van der Waals surface area (Å²) in [7, 11) is 1.45. The standard InChI is InChI=1S/C18H14ClN3O4/c1-26-16-7-4-13(19)8-15(16)22-17(23)12(9-20)10-21-14-5-2-11(3-6-14)18(24)25/h2-8,10,21H,1H3,(H,22,23)(H,24,25)/b12-10-. The summed E-state index contributed by atoms with van der Waals surface area (Å²) in [5, 5.41) is 23.8. The van der Waals surface area contributed by atoms with Gasteiger partial charge in [0.1, 0.15) is 17.4 Å². The van der Waals surface area contributed by atoms with Crippen LogP contribution in [0.4, 0.5) is 11.4 Å². The van der Waals surface area contributed by atoms with Crippen molar-refractivity contribution in [1.29, 1.82) is 5.26 Å². The number of nitriles is 1. The third kappa shape index (κ3) is 4.75. The number of aromatic carboxylic acids is 1. The summed E-state index contributed by atoms with van der Waals surface area (Å²) in [5.41, 5.74) is 0.799. The smallest absolute Gasteiger partial charge is 0.335 e. The Hall–Kier alpha value is -3.50. The molecule has 3 N–H and O–H groups in total. The van der Waals surface area contributed by atoms with Crippen molar-refractivity contribution in [3.05, 3.63) is 64.8 Å². The Morgan fingerprint density at radius 3 is 2.50 bits per heavy atom. The van der Waals surface area contributed by atoms with E-state index in [4.69, 9.17) is 21.4 Å². The minimum absolute atomic E-state index is 0.130. The van der Waals surface area contributed by atoms with Crippen LogP contribution < -0.4 is 15.4 Å². The molecule has 0 saturated carbocycles. The molecular weight excluding hydrogens is 358 g/mol. The van der Waals surface area contributed by atoms with E-state index < -0.39 is 11.9 Å². The number of carbonyl (C=O) groups excluding carboxylic acids is 1. The van der Waals surface area contributed by atoms with Gasteiger partial charge in [0.05, 0.1) is 18.4 Å². The first-order valence-corrected chi connectivity index (χ1v) is 7.67. The summed E-state index contributed by atoms with van der Waals surface area (Å²) in [6.45, 7) is 0. The van der Waals surface area contributed by atoms with Gasteiger partial charge in [-0.2, -0.15) is 5.26 Å². The van der Waals surface area contributed by atoms with Crippen LogP contribution in [-0.4, -0.2) is 24.1 Å². The quantitative estimate of drug-likeness (QED) is 0.529. The number of amides is 1. The molecule has 0 fully saturated rings. The number of ether oxygens (including phenoxy) is 1. The summed E-state index contributed by atoms with van der Waals surface area (Å²) in [6, 6.07) is 12.4. The number of carboxylic acid groups (broad SMARTS) is 1. The van der Waals surface area contributed by atoms with Crippen molar-refractivity contribution in [2.45, 2.75) is 0 Å². The fourth-order valence-electron chi connectivity index (χ4n) is 1.98. The number of methoxy groups -OCH3 is 1. The first-order valence-electron chi connectivity index (χ1n) is 7.29. The van der Waals surface area contributed by atoms with Crippen LogP contribution in [0, 0.1) is 11.3 Å². The normalized spacial score (nSPS) is 10.6. The molecule has 0 bridgehead atoms. The zero-order chi connectivity index (χ0) is 19.1. The average molecular weight is 372 g/mol. The Balaban J connectivity index is 2.13. The Morgan fingerprint density at radius 1 is 1.23 bits per heavy atom. The molecule has 0 saturated heterocycles. The lowest BCUT2D eigenvalue weighted by Crippen LogP contribution is -2.15. The molecule has 0 radical (unpaired) electrons. The second-order valence-electron chi connectivity index (χ2n) is 5.00. The van der Waals surface area contributed by atoms with Gasteiger partial charge in [-0.15, -0.1) is 0 Å².